The van der Waals surface area contributed by atoms with E-state index < -0.39 is 0 Å². The number of rotatable bonds is 12. The van der Waals surface area contributed by atoms with Gasteiger partial charge in [-0.2, -0.15) is 0 Å². The Morgan fingerprint density at radius 1 is 1.00 bits per heavy atom. The topological polar surface area (TPSA) is 0 Å². The molecule has 0 amide bonds. The lowest BCUT2D eigenvalue weighted by Gasteiger charge is -2.10. The van der Waals surface area contributed by atoms with Gasteiger partial charge in [-0.3, -0.25) is 0 Å². The van der Waals surface area contributed by atoms with E-state index in [4.69, 9.17) is 0 Å². The number of hydrogen-bond acceptors (Lipinski definition) is 0. The van der Waals surface area contributed by atoms with Gasteiger partial charge in [0.15, 0.2) is 0 Å². The van der Waals surface area contributed by atoms with Crippen LogP contribution in [0.2, 0.25) is 0 Å². The first-order valence-electron chi connectivity index (χ1n) is 9.91. The summed E-state index contributed by atoms with van der Waals surface area (Å²) in [5.74, 6) is 9.38. The molecule has 1 aliphatic carbocycles. The smallest absolute Gasteiger partial charge is 0.0269 e. The Kier molecular flexibility index (Phi) is 11.3. The SMILES string of the molecule is CCC=CCC#CC1CC1CCCCC(C)CCCCCC. The summed E-state index contributed by atoms with van der Waals surface area (Å²) >= 11 is 0. The van der Waals surface area contributed by atoms with Crippen LogP contribution in [0.5, 0.6) is 0 Å². The fourth-order valence-electron chi connectivity index (χ4n) is 3.21. The van der Waals surface area contributed by atoms with Gasteiger partial charge in [-0.15, -0.1) is 0 Å². The molecule has 0 aromatic rings. The molecule has 0 nitrogen and oxygen atoms in total. The van der Waals surface area contributed by atoms with E-state index in [0.29, 0.717) is 0 Å². The lowest BCUT2D eigenvalue weighted by Crippen LogP contribution is -1.95. The molecule has 0 aromatic heterocycles. The minimum absolute atomic E-state index is 0.737. The van der Waals surface area contributed by atoms with Crippen LogP contribution in [0, 0.1) is 29.6 Å². The maximum atomic E-state index is 3.45. The first-order valence-corrected chi connectivity index (χ1v) is 9.91. The van der Waals surface area contributed by atoms with Crippen LogP contribution in [0.25, 0.3) is 0 Å². The van der Waals surface area contributed by atoms with Crippen molar-refractivity contribution < 1.29 is 0 Å². The summed E-state index contributed by atoms with van der Waals surface area (Å²) in [5, 5.41) is 0. The molecule has 0 N–H and O–H groups in total. The highest BCUT2D eigenvalue weighted by Gasteiger charge is 2.34. The Balaban J connectivity index is 1.92. The van der Waals surface area contributed by atoms with E-state index in [1.54, 1.807) is 0 Å². The third-order valence-corrected chi connectivity index (χ3v) is 4.90. The van der Waals surface area contributed by atoms with E-state index in [1.807, 2.05) is 0 Å². The molecule has 0 heterocycles. The minimum Gasteiger partial charge on any atom is -0.0993 e. The summed E-state index contributed by atoms with van der Waals surface area (Å²) in [6.45, 7) is 6.91. The summed E-state index contributed by atoms with van der Waals surface area (Å²) < 4.78 is 0. The van der Waals surface area contributed by atoms with Crippen molar-refractivity contribution in [2.24, 2.45) is 17.8 Å². The molecule has 1 saturated carbocycles. The predicted molar refractivity (Wildman–Crippen MR) is 99.8 cm³/mol. The molecular weight excluding hydrogens is 264 g/mol. The second kappa shape index (κ2) is 12.8. The molecule has 22 heavy (non-hydrogen) atoms. The van der Waals surface area contributed by atoms with Crippen LogP contribution in [0.15, 0.2) is 12.2 Å². The quantitative estimate of drug-likeness (QED) is 0.204. The van der Waals surface area contributed by atoms with E-state index in [2.05, 4.69) is 44.8 Å². The van der Waals surface area contributed by atoms with Crippen LogP contribution in [-0.4, -0.2) is 0 Å². The summed E-state index contributed by atoms with van der Waals surface area (Å²) in [6.07, 6.45) is 20.7. The molecule has 0 radical (unpaired) electrons. The largest absolute Gasteiger partial charge is 0.0993 e. The van der Waals surface area contributed by atoms with Gasteiger partial charge < -0.3 is 0 Å². The highest BCUT2D eigenvalue weighted by Crippen LogP contribution is 2.42. The van der Waals surface area contributed by atoms with Crippen molar-refractivity contribution in [3.8, 4) is 11.8 Å². The van der Waals surface area contributed by atoms with Crippen molar-refractivity contribution in [3.63, 3.8) is 0 Å². The Bertz CT molecular complexity index is 341. The second-order valence-corrected chi connectivity index (χ2v) is 7.25. The monoisotopic (exact) mass is 302 g/mol. The predicted octanol–water partition coefficient (Wildman–Crippen LogP) is 7.15. The van der Waals surface area contributed by atoms with Gasteiger partial charge in [0.2, 0.25) is 0 Å². The maximum absolute atomic E-state index is 3.45. The van der Waals surface area contributed by atoms with Crippen LogP contribution in [-0.2, 0) is 0 Å². The van der Waals surface area contributed by atoms with Gasteiger partial charge in [0.1, 0.15) is 0 Å². The zero-order chi connectivity index (χ0) is 16.0. The van der Waals surface area contributed by atoms with E-state index in [-0.39, 0.29) is 0 Å². The Hall–Kier alpha value is -0.700. The average molecular weight is 303 g/mol. The molecule has 126 valence electrons. The molecule has 0 aliphatic heterocycles. The summed E-state index contributed by atoms with van der Waals surface area (Å²) in [4.78, 5) is 0. The molecule has 0 spiro atoms. The fourth-order valence-corrected chi connectivity index (χ4v) is 3.21. The second-order valence-electron chi connectivity index (χ2n) is 7.25. The minimum atomic E-state index is 0.737. The van der Waals surface area contributed by atoms with Crippen molar-refractivity contribution >= 4 is 0 Å². The van der Waals surface area contributed by atoms with Gasteiger partial charge >= 0.3 is 0 Å². The molecule has 1 rings (SSSR count). The van der Waals surface area contributed by atoms with Crippen LogP contribution in [0.4, 0.5) is 0 Å². The molecule has 3 unspecified atom stereocenters. The highest BCUT2D eigenvalue weighted by atomic mass is 14.4. The van der Waals surface area contributed by atoms with Gasteiger partial charge in [-0.1, -0.05) is 96.1 Å². The molecule has 3 atom stereocenters. The van der Waals surface area contributed by atoms with Crippen molar-refractivity contribution in [3.05, 3.63) is 12.2 Å². The van der Waals surface area contributed by atoms with Gasteiger partial charge in [0.05, 0.1) is 0 Å². The molecule has 1 fully saturated rings. The molecular formula is C22H38. The lowest BCUT2D eigenvalue weighted by atomic mass is 9.96. The molecule has 0 aromatic carbocycles. The molecule has 0 bridgehead atoms. The number of hydrogen-bond donors (Lipinski definition) is 0. The Morgan fingerprint density at radius 3 is 2.50 bits per heavy atom. The van der Waals surface area contributed by atoms with Crippen LogP contribution in [0.3, 0.4) is 0 Å². The van der Waals surface area contributed by atoms with Crippen LogP contribution >= 0.6 is 0 Å². The maximum Gasteiger partial charge on any atom is 0.0269 e. The third kappa shape index (κ3) is 10.1. The zero-order valence-corrected chi connectivity index (χ0v) is 15.4. The van der Waals surface area contributed by atoms with Gasteiger partial charge in [-0.05, 0) is 31.1 Å². The average Bonchev–Trinajstić information content (AvgIpc) is 3.26. The van der Waals surface area contributed by atoms with Crippen molar-refractivity contribution in [2.45, 2.75) is 97.8 Å². The zero-order valence-electron chi connectivity index (χ0n) is 15.4. The molecule has 0 saturated heterocycles. The molecule has 0 heteroatoms. The number of unbranched alkanes of at least 4 members (excludes halogenated alkanes) is 4. The summed E-state index contributed by atoms with van der Waals surface area (Å²) in [6, 6.07) is 0. The van der Waals surface area contributed by atoms with E-state index in [1.165, 1.54) is 64.2 Å². The first kappa shape index (κ1) is 19.3. The summed E-state index contributed by atoms with van der Waals surface area (Å²) in [5.41, 5.74) is 0. The van der Waals surface area contributed by atoms with Crippen LogP contribution < -0.4 is 0 Å². The van der Waals surface area contributed by atoms with E-state index in [0.717, 1.165) is 30.6 Å². The third-order valence-electron chi connectivity index (χ3n) is 4.90. The Labute approximate surface area is 140 Å². The molecule has 1 aliphatic rings. The van der Waals surface area contributed by atoms with Crippen LogP contribution in [0.1, 0.15) is 97.8 Å². The Morgan fingerprint density at radius 2 is 1.77 bits per heavy atom. The van der Waals surface area contributed by atoms with E-state index >= 15 is 0 Å². The van der Waals surface area contributed by atoms with Gasteiger partial charge in [-0.25, -0.2) is 0 Å². The standard InChI is InChI=1S/C22H38/c1-4-6-8-10-12-17-21-19-22(21)18-14-13-16-20(3)15-11-9-7-5-2/h6,8,20-22H,4-5,7,9-11,13-16,18-19H2,1-3H3. The van der Waals surface area contributed by atoms with E-state index in [9.17, 15) is 0 Å². The van der Waals surface area contributed by atoms with Gasteiger partial charge in [0.25, 0.3) is 0 Å². The fraction of sp³-hybridized carbons (Fsp3) is 0.818. The van der Waals surface area contributed by atoms with Crippen molar-refractivity contribution in [1.82, 2.24) is 0 Å². The number of allylic oxidation sites excluding steroid dienone is 2. The summed E-state index contributed by atoms with van der Waals surface area (Å²) in [7, 11) is 0. The lowest BCUT2D eigenvalue weighted by molar-refractivity contribution is 0.432. The van der Waals surface area contributed by atoms with Crippen molar-refractivity contribution in [2.75, 3.05) is 0 Å². The normalized spacial score (nSPS) is 21.6. The van der Waals surface area contributed by atoms with Crippen molar-refractivity contribution in [1.29, 1.82) is 0 Å². The van der Waals surface area contributed by atoms with Gasteiger partial charge in [0, 0.05) is 12.3 Å². The highest BCUT2D eigenvalue weighted by molar-refractivity contribution is 5.14. The first-order chi connectivity index (χ1) is 10.8.